The number of phenols is 2. The van der Waals surface area contributed by atoms with Crippen LogP contribution in [0.4, 0.5) is 0 Å². The van der Waals surface area contributed by atoms with Crippen LogP contribution in [0.1, 0.15) is 44.3 Å². The third kappa shape index (κ3) is 4.47. The molecule has 0 aliphatic rings. The Kier molecular flexibility index (Phi) is 6.45. The first-order valence-electron chi connectivity index (χ1n) is 9.39. The van der Waals surface area contributed by atoms with Crippen molar-refractivity contribution in [2.24, 2.45) is 0 Å². The number of ether oxygens (including phenoxy) is 1. The maximum atomic E-state index is 13.0. The zero-order valence-corrected chi connectivity index (χ0v) is 16.6. The number of aromatic hydroxyl groups is 2. The van der Waals surface area contributed by atoms with E-state index < -0.39 is 23.1 Å². The van der Waals surface area contributed by atoms with Crippen molar-refractivity contribution in [3.05, 3.63) is 107 Å². The summed E-state index contributed by atoms with van der Waals surface area (Å²) in [7, 11) is 0. The Labute approximate surface area is 174 Å². The van der Waals surface area contributed by atoms with Crippen LogP contribution in [-0.2, 0) is 11.3 Å². The van der Waals surface area contributed by atoms with Crippen molar-refractivity contribution in [3.8, 4) is 11.5 Å². The molecule has 0 spiro atoms. The third-order valence-electron chi connectivity index (χ3n) is 4.53. The van der Waals surface area contributed by atoms with E-state index in [2.05, 4.69) is 6.58 Å². The molecule has 5 heteroatoms. The highest BCUT2D eigenvalue weighted by Gasteiger charge is 2.26. The van der Waals surface area contributed by atoms with E-state index in [1.807, 2.05) is 0 Å². The maximum absolute atomic E-state index is 13.0. The smallest absolute Gasteiger partial charge is 0.196 e. The van der Waals surface area contributed by atoms with Crippen molar-refractivity contribution < 1.29 is 24.5 Å². The second-order valence-electron chi connectivity index (χ2n) is 6.99. The first-order chi connectivity index (χ1) is 14.4. The van der Waals surface area contributed by atoms with E-state index in [1.54, 1.807) is 67.6 Å². The molecule has 30 heavy (non-hydrogen) atoms. The molecular formula is C25H22O5. The number of rotatable bonds is 8. The summed E-state index contributed by atoms with van der Waals surface area (Å²) < 4.78 is 5.48. The minimum absolute atomic E-state index is 0.0164. The van der Waals surface area contributed by atoms with Crippen molar-refractivity contribution in [1.82, 2.24) is 0 Å². The molecule has 0 amide bonds. The molecule has 3 rings (SSSR count). The molecule has 0 aliphatic heterocycles. The van der Waals surface area contributed by atoms with Crippen molar-refractivity contribution in [1.29, 1.82) is 0 Å². The van der Waals surface area contributed by atoms with E-state index in [0.29, 0.717) is 11.1 Å². The van der Waals surface area contributed by atoms with E-state index in [0.717, 1.165) is 5.57 Å². The summed E-state index contributed by atoms with van der Waals surface area (Å²) in [6.07, 6.45) is 0. The molecule has 3 aromatic rings. The van der Waals surface area contributed by atoms with E-state index in [4.69, 9.17) is 4.74 Å². The number of phenolic OH excluding ortho intramolecular Hbond substituents is 2. The highest BCUT2D eigenvalue weighted by Crippen LogP contribution is 2.37. The predicted molar refractivity (Wildman–Crippen MR) is 114 cm³/mol. The normalized spacial score (nSPS) is 10.6. The van der Waals surface area contributed by atoms with Crippen molar-refractivity contribution >= 4 is 11.6 Å². The largest absolute Gasteiger partial charge is 0.507 e. The van der Waals surface area contributed by atoms with Crippen LogP contribution in [0, 0.1) is 0 Å². The van der Waals surface area contributed by atoms with Crippen molar-refractivity contribution in [2.45, 2.75) is 13.5 Å². The second kappa shape index (κ2) is 9.20. The number of carbonyl (C=O) groups excluding carboxylic acids is 2. The summed E-state index contributed by atoms with van der Waals surface area (Å²) in [6.45, 7) is 5.54. The van der Waals surface area contributed by atoms with Gasteiger partial charge in [0.25, 0.3) is 0 Å². The van der Waals surface area contributed by atoms with Gasteiger partial charge in [-0.25, -0.2) is 0 Å². The van der Waals surface area contributed by atoms with Crippen molar-refractivity contribution in [3.63, 3.8) is 0 Å². The maximum Gasteiger partial charge on any atom is 0.196 e. The molecule has 0 fully saturated rings. The summed E-state index contributed by atoms with van der Waals surface area (Å²) in [5, 5.41) is 21.5. The molecule has 3 aromatic carbocycles. The fourth-order valence-electron chi connectivity index (χ4n) is 3.02. The summed E-state index contributed by atoms with van der Waals surface area (Å²) >= 11 is 0. The average molecular weight is 402 g/mol. The Morgan fingerprint density at radius 1 is 0.833 bits per heavy atom. The standard InChI is InChI=1S/C25H22O5/c1-16(2)14-30-15-21-24(28)19(22(26)17-9-5-3-6-10-17)13-20(25(21)29)23(27)18-11-7-4-8-12-18/h3-13,28-29H,1,14-15H2,2H3. The first kappa shape index (κ1) is 21.0. The average Bonchev–Trinajstić information content (AvgIpc) is 2.76. The van der Waals surface area contributed by atoms with Crippen LogP contribution in [0.15, 0.2) is 78.9 Å². The van der Waals surface area contributed by atoms with Crippen LogP contribution in [-0.4, -0.2) is 28.4 Å². The first-order valence-corrected chi connectivity index (χ1v) is 9.39. The lowest BCUT2D eigenvalue weighted by atomic mass is 9.93. The van der Waals surface area contributed by atoms with Gasteiger partial charge in [0, 0.05) is 11.1 Å². The fraction of sp³-hybridized carbons (Fsp3) is 0.120. The summed E-state index contributed by atoms with van der Waals surface area (Å²) in [5.74, 6) is -1.74. The molecule has 0 unspecified atom stereocenters. The molecule has 2 N–H and O–H groups in total. The van der Waals surface area contributed by atoms with E-state index >= 15 is 0 Å². The van der Waals surface area contributed by atoms with Gasteiger partial charge in [-0.15, -0.1) is 0 Å². The molecule has 0 aliphatic carbocycles. The Morgan fingerprint density at radius 3 is 1.67 bits per heavy atom. The zero-order valence-electron chi connectivity index (χ0n) is 16.6. The quantitative estimate of drug-likeness (QED) is 0.423. The van der Waals surface area contributed by atoms with E-state index in [9.17, 15) is 19.8 Å². The van der Waals surface area contributed by atoms with Gasteiger partial charge in [-0.05, 0) is 13.0 Å². The molecule has 0 saturated carbocycles. The van der Waals surface area contributed by atoms with Crippen molar-refractivity contribution in [2.75, 3.05) is 6.61 Å². The van der Waals surface area contributed by atoms with Crippen LogP contribution in [0.2, 0.25) is 0 Å². The fourth-order valence-corrected chi connectivity index (χ4v) is 3.02. The Hall–Kier alpha value is -3.70. The van der Waals surface area contributed by atoms with Crippen LogP contribution >= 0.6 is 0 Å². The molecule has 0 saturated heterocycles. The second-order valence-corrected chi connectivity index (χ2v) is 6.99. The summed E-state index contributed by atoms with van der Waals surface area (Å²) in [6, 6.07) is 18.1. The van der Waals surface area contributed by atoms with E-state index in [1.165, 1.54) is 6.07 Å². The Bertz CT molecular complexity index is 1010. The lowest BCUT2D eigenvalue weighted by Gasteiger charge is -2.15. The molecule has 0 heterocycles. The molecular weight excluding hydrogens is 380 g/mol. The molecule has 0 atom stereocenters. The summed E-state index contributed by atoms with van der Waals surface area (Å²) in [4.78, 5) is 26.0. The van der Waals surface area contributed by atoms with Crippen LogP contribution in [0.25, 0.3) is 0 Å². The highest BCUT2D eigenvalue weighted by molar-refractivity contribution is 6.15. The Balaban J connectivity index is 2.12. The van der Waals surface area contributed by atoms with Gasteiger partial charge in [-0.2, -0.15) is 0 Å². The molecule has 0 radical (unpaired) electrons. The molecule has 0 aromatic heterocycles. The van der Waals surface area contributed by atoms with Gasteiger partial charge in [0.15, 0.2) is 11.6 Å². The molecule has 152 valence electrons. The minimum atomic E-state index is -0.462. The SMILES string of the molecule is C=C(C)COCc1c(O)c(C(=O)c2ccccc2)cc(C(=O)c2ccccc2)c1O. The van der Waals surface area contributed by atoms with Gasteiger partial charge < -0.3 is 14.9 Å². The van der Waals surface area contributed by atoms with Gasteiger partial charge in [-0.1, -0.05) is 72.8 Å². The van der Waals surface area contributed by atoms with Crippen LogP contribution in [0.3, 0.4) is 0 Å². The van der Waals surface area contributed by atoms with Crippen LogP contribution < -0.4 is 0 Å². The number of hydrogen-bond donors (Lipinski definition) is 2. The van der Waals surface area contributed by atoms with Gasteiger partial charge in [0.1, 0.15) is 11.5 Å². The van der Waals surface area contributed by atoms with Gasteiger partial charge >= 0.3 is 0 Å². The third-order valence-corrected chi connectivity index (χ3v) is 4.53. The lowest BCUT2D eigenvalue weighted by Crippen LogP contribution is -2.10. The lowest BCUT2D eigenvalue weighted by molar-refractivity contribution is 0.103. The molecule has 5 nitrogen and oxygen atoms in total. The van der Waals surface area contributed by atoms with Gasteiger partial charge in [-0.3, -0.25) is 9.59 Å². The highest BCUT2D eigenvalue weighted by atomic mass is 16.5. The van der Waals surface area contributed by atoms with Crippen LogP contribution in [0.5, 0.6) is 11.5 Å². The van der Waals surface area contributed by atoms with E-state index in [-0.39, 0.29) is 29.9 Å². The summed E-state index contributed by atoms with van der Waals surface area (Å²) in [5.41, 5.74) is 1.29. The number of ketones is 2. The van der Waals surface area contributed by atoms with Gasteiger partial charge in [0.2, 0.25) is 0 Å². The number of benzene rings is 3. The topological polar surface area (TPSA) is 83.8 Å². The molecule has 0 bridgehead atoms. The monoisotopic (exact) mass is 402 g/mol. The Morgan fingerprint density at radius 2 is 1.27 bits per heavy atom. The zero-order chi connectivity index (χ0) is 21.7. The predicted octanol–water partition coefficient (Wildman–Crippen LogP) is 4.65. The number of hydrogen-bond acceptors (Lipinski definition) is 5. The number of carbonyl (C=O) groups is 2. The minimum Gasteiger partial charge on any atom is -0.507 e. The van der Waals surface area contributed by atoms with Gasteiger partial charge in [0.05, 0.1) is 29.9 Å².